The Bertz CT molecular complexity index is 613. The van der Waals surface area contributed by atoms with Gasteiger partial charge in [-0.05, 0) is 39.2 Å². The van der Waals surface area contributed by atoms with Crippen molar-refractivity contribution in [1.82, 2.24) is 0 Å². The van der Waals surface area contributed by atoms with Crippen molar-refractivity contribution in [2.24, 2.45) is 5.73 Å². The molecule has 0 heterocycles. The second-order valence-corrected chi connectivity index (χ2v) is 5.67. The summed E-state index contributed by atoms with van der Waals surface area (Å²) in [6, 6.07) is 15.3. The van der Waals surface area contributed by atoms with E-state index in [4.69, 9.17) is 10.5 Å². The van der Waals surface area contributed by atoms with Crippen LogP contribution in [0.25, 0.3) is 0 Å². The predicted octanol–water partition coefficient (Wildman–Crippen LogP) is 3.31. The van der Waals surface area contributed by atoms with Crippen LogP contribution in [0, 0.1) is 0 Å². The topological polar surface area (TPSA) is 52.3 Å². The quantitative estimate of drug-likeness (QED) is 0.871. The zero-order valence-electron chi connectivity index (χ0n) is 11.9. The van der Waals surface area contributed by atoms with Crippen LogP contribution in [-0.4, -0.2) is 19.4 Å². The minimum Gasteiger partial charge on any atom is -0.496 e. The Hall–Kier alpha value is -1.65. The maximum absolute atomic E-state index is 12.5. The van der Waals surface area contributed by atoms with Crippen LogP contribution in [0.4, 0.5) is 0 Å². The molecule has 21 heavy (non-hydrogen) atoms. The monoisotopic (exact) mass is 347 g/mol. The molecule has 0 fully saturated rings. The zero-order chi connectivity index (χ0) is 15.2. The molecule has 0 saturated heterocycles. The average Bonchev–Trinajstić information content (AvgIpc) is 2.49. The van der Waals surface area contributed by atoms with Crippen molar-refractivity contribution < 1.29 is 9.53 Å². The van der Waals surface area contributed by atoms with Gasteiger partial charge in [0.2, 0.25) is 0 Å². The van der Waals surface area contributed by atoms with Gasteiger partial charge in [0.1, 0.15) is 11.5 Å². The number of halogens is 1. The highest BCUT2D eigenvalue weighted by Gasteiger charge is 2.19. The molecular weight excluding hydrogens is 330 g/mol. The smallest absolute Gasteiger partial charge is 0.145 e. The van der Waals surface area contributed by atoms with Crippen LogP contribution < -0.4 is 10.5 Å². The van der Waals surface area contributed by atoms with E-state index in [0.29, 0.717) is 13.0 Å². The zero-order valence-corrected chi connectivity index (χ0v) is 13.5. The molecule has 2 aromatic rings. The Balaban J connectivity index is 2.15. The van der Waals surface area contributed by atoms with Gasteiger partial charge in [-0.2, -0.15) is 0 Å². The molecule has 0 spiro atoms. The van der Waals surface area contributed by atoms with Crippen LogP contribution in [0.15, 0.2) is 53.0 Å². The van der Waals surface area contributed by atoms with E-state index in [2.05, 4.69) is 15.9 Å². The van der Waals surface area contributed by atoms with Crippen molar-refractivity contribution in [3.8, 4) is 5.75 Å². The first-order valence-corrected chi connectivity index (χ1v) is 7.55. The van der Waals surface area contributed by atoms with E-state index in [1.54, 1.807) is 7.11 Å². The number of carbonyl (C=O) groups is 1. The number of benzene rings is 2. The van der Waals surface area contributed by atoms with Gasteiger partial charge in [0.05, 0.1) is 17.5 Å². The summed E-state index contributed by atoms with van der Waals surface area (Å²) in [6.07, 6.45) is 0.360. The summed E-state index contributed by atoms with van der Waals surface area (Å²) >= 11 is 3.44. The van der Waals surface area contributed by atoms with E-state index < -0.39 is 0 Å². The van der Waals surface area contributed by atoms with E-state index in [-0.39, 0.29) is 11.7 Å². The third kappa shape index (κ3) is 3.93. The normalized spacial score (nSPS) is 12.0. The molecule has 0 aliphatic rings. The molecule has 1 unspecified atom stereocenters. The number of carbonyl (C=O) groups excluding carboxylic acids is 1. The summed E-state index contributed by atoms with van der Waals surface area (Å²) in [5.41, 5.74) is 7.70. The maximum Gasteiger partial charge on any atom is 0.145 e. The fraction of sp³-hybridized carbons (Fsp3) is 0.235. The Morgan fingerprint density at radius 3 is 2.52 bits per heavy atom. The van der Waals surface area contributed by atoms with Crippen molar-refractivity contribution >= 4 is 21.7 Å². The van der Waals surface area contributed by atoms with Gasteiger partial charge in [-0.15, -0.1) is 0 Å². The Labute approximate surface area is 133 Å². The minimum atomic E-state index is -0.257. The first-order valence-electron chi connectivity index (χ1n) is 6.76. The van der Waals surface area contributed by atoms with Crippen molar-refractivity contribution in [3.05, 3.63) is 64.1 Å². The number of hydrogen-bond donors (Lipinski definition) is 1. The highest BCUT2D eigenvalue weighted by atomic mass is 79.9. The lowest BCUT2D eigenvalue weighted by atomic mass is 9.91. The van der Waals surface area contributed by atoms with Crippen LogP contribution in [0.5, 0.6) is 5.75 Å². The van der Waals surface area contributed by atoms with E-state index in [0.717, 1.165) is 21.3 Å². The Kier molecular flexibility index (Phi) is 5.53. The second-order valence-electron chi connectivity index (χ2n) is 4.81. The summed E-state index contributed by atoms with van der Waals surface area (Å²) in [5.74, 6) is 0.623. The number of hydrogen-bond acceptors (Lipinski definition) is 3. The predicted molar refractivity (Wildman–Crippen MR) is 87.6 cm³/mol. The van der Waals surface area contributed by atoms with Crippen LogP contribution in [0.1, 0.15) is 17.0 Å². The van der Waals surface area contributed by atoms with Crippen molar-refractivity contribution in [2.45, 2.75) is 12.3 Å². The molecular formula is C17H18BrNO2. The number of ketones is 1. The molecule has 0 amide bonds. The summed E-state index contributed by atoms with van der Waals surface area (Å²) in [6.45, 7) is 0.320. The first-order chi connectivity index (χ1) is 10.2. The van der Waals surface area contributed by atoms with E-state index in [1.807, 2.05) is 48.5 Å². The molecule has 2 N–H and O–H groups in total. The molecule has 0 bridgehead atoms. The molecule has 0 aromatic heterocycles. The summed E-state index contributed by atoms with van der Waals surface area (Å²) in [5, 5.41) is 0. The van der Waals surface area contributed by atoms with Crippen LogP contribution in [-0.2, 0) is 11.2 Å². The third-order valence-corrected chi connectivity index (χ3v) is 4.04. The molecule has 110 valence electrons. The first kappa shape index (κ1) is 15.7. The average molecular weight is 348 g/mol. The Morgan fingerprint density at radius 2 is 1.95 bits per heavy atom. The molecule has 2 rings (SSSR count). The highest BCUT2D eigenvalue weighted by molar-refractivity contribution is 9.10. The van der Waals surface area contributed by atoms with Gasteiger partial charge >= 0.3 is 0 Å². The van der Waals surface area contributed by atoms with Crippen molar-refractivity contribution in [2.75, 3.05) is 13.7 Å². The van der Waals surface area contributed by atoms with Gasteiger partial charge in [0.15, 0.2) is 0 Å². The standard InChI is InChI=1S/C17H18BrNO2/c1-21-17-8-7-12(9-15(17)18)10-16(20)14(11-19)13-5-3-2-4-6-13/h2-9,14H,10-11,19H2,1H3. The van der Waals surface area contributed by atoms with Crippen molar-refractivity contribution in [3.63, 3.8) is 0 Å². The second kappa shape index (κ2) is 7.38. The largest absolute Gasteiger partial charge is 0.496 e. The maximum atomic E-state index is 12.5. The molecule has 2 aromatic carbocycles. The summed E-state index contributed by atoms with van der Waals surface area (Å²) in [7, 11) is 1.62. The SMILES string of the molecule is COc1ccc(CC(=O)C(CN)c2ccccc2)cc1Br. The molecule has 0 saturated carbocycles. The fourth-order valence-electron chi connectivity index (χ4n) is 2.28. The highest BCUT2D eigenvalue weighted by Crippen LogP contribution is 2.26. The molecule has 0 radical (unpaired) electrons. The van der Waals surface area contributed by atoms with Gasteiger partial charge in [-0.3, -0.25) is 4.79 Å². The number of rotatable bonds is 6. The van der Waals surface area contributed by atoms with Gasteiger partial charge in [0, 0.05) is 13.0 Å². The van der Waals surface area contributed by atoms with Crippen LogP contribution in [0.3, 0.4) is 0 Å². The molecule has 3 nitrogen and oxygen atoms in total. The number of methoxy groups -OCH3 is 1. The Morgan fingerprint density at radius 1 is 1.24 bits per heavy atom. The molecule has 1 atom stereocenters. The third-order valence-electron chi connectivity index (χ3n) is 3.42. The van der Waals surface area contributed by atoms with Gasteiger partial charge in [-0.1, -0.05) is 36.4 Å². The van der Waals surface area contributed by atoms with Crippen LogP contribution >= 0.6 is 15.9 Å². The number of ether oxygens (including phenoxy) is 1. The van der Waals surface area contributed by atoms with E-state index in [1.165, 1.54) is 0 Å². The molecule has 0 aliphatic heterocycles. The number of nitrogens with two attached hydrogens (primary N) is 1. The lowest BCUT2D eigenvalue weighted by Gasteiger charge is -2.14. The minimum absolute atomic E-state index is 0.126. The van der Waals surface area contributed by atoms with Gasteiger partial charge in [0.25, 0.3) is 0 Å². The lowest BCUT2D eigenvalue weighted by Crippen LogP contribution is -2.23. The van der Waals surface area contributed by atoms with Crippen LogP contribution in [0.2, 0.25) is 0 Å². The van der Waals surface area contributed by atoms with E-state index in [9.17, 15) is 4.79 Å². The van der Waals surface area contributed by atoms with Gasteiger partial charge in [-0.25, -0.2) is 0 Å². The van der Waals surface area contributed by atoms with Gasteiger partial charge < -0.3 is 10.5 Å². The summed E-state index contributed by atoms with van der Waals surface area (Å²) in [4.78, 5) is 12.5. The number of Topliss-reactive ketones (excluding diaryl/α,β-unsaturated/α-hetero) is 1. The van der Waals surface area contributed by atoms with Crippen molar-refractivity contribution in [1.29, 1.82) is 0 Å². The fourth-order valence-corrected chi connectivity index (χ4v) is 2.87. The van der Waals surface area contributed by atoms with E-state index >= 15 is 0 Å². The lowest BCUT2D eigenvalue weighted by molar-refractivity contribution is -0.119. The summed E-state index contributed by atoms with van der Waals surface area (Å²) < 4.78 is 6.04. The molecule has 0 aliphatic carbocycles. The molecule has 4 heteroatoms.